The summed E-state index contributed by atoms with van der Waals surface area (Å²) in [5.41, 5.74) is -0.537. The molecule has 0 radical (unpaired) electrons. The molecule has 4 heteroatoms. The molecule has 3 nitrogen and oxygen atoms in total. The van der Waals surface area contributed by atoms with Crippen molar-refractivity contribution in [3.63, 3.8) is 0 Å². The summed E-state index contributed by atoms with van der Waals surface area (Å²) in [6.45, 7) is 10.9. The van der Waals surface area contributed by atoms with Gasteiger partial charge in [-0.15, -0.1) is 0 Å². The Bertz CT molecular complexity index is 279. The van der Waals surface area contributed by atoms with Crippen LogP contribution in [0.15, 0.2) is 0 Å². The van der Waals surface area contributed by atoms with Crippen molar-refractivity contribution >= 4 is 17.7 Å². The molecule has 0 amide bonds. The van der Waals surface area contributed by atoms with Gasteiger partial charge < -0.3 is 4.74 Å². The summed E-state index contributed by atoms with van der Waals surface area (Å²) >= 11 is 1.85. The fourth-order valence-corrected chi connectivity index (χ4v) is 2.80. The molecule has 2 unspecified atom stereocenters. The standard InChI is InChI=1S/C14H27NO2S/c1-6-17-13(16)14(5,15-12-7-8-12)9-18-11(4)10(2)3/h10-12,15H,6-9H2,1-5H3. The van der Waals surface area contributed by atoms with E-state index in [-0.39, 0.29) is 5.97 Å². The number of ether oxygens (including phenoxy) is 1. The average molecular weight is 273 g/mol. The summed E-state index contributed by atoms with van der Waals surface area (Å²) in [4.78, 5) is 12.1. The largest absolute Gasteiger partial charge is 0.465 e. The van der Waals surface area contributed by atoms with Crippen molar-refractivity contribution in [3.8, 4) is 0 Å². The molecule has 1 N–H and O–H groups in total. The highest BCUT2D eigenvalue weighted by molar-refractivity contribution is 8.00. The Labute approximate surface area is 115 Å². The van der Waals surface area contributed by atoms with Crippen molar-refractivity contribution in [2.45, 2.75) is 64.3 Å². The summed E-state index contributed by atoms with van der Waals surface area (Å²) in [7, 11) is 0. The maximum Gasteiger partial charge on any atom is 0.326 e. The van der Waals surface area contributed by atoms with E-state index in [1.807, 2.05) is 25.6 Å². The third kappa shape index (κ3) is 4.81. The Balaban J connectivity index is 2.55. The van der Waals surface area contributed by atoms with E-state index in [0.717, 1.165) is 5.75 Å². The first-order valence-corrected chi connectivity index (χ1v) is 8.00. The van der Waals surface area contributed by atoms with Crippen molar-refractivity contribution in [3.05, 3.63) is 0 Å². The van der Waals surface area contributed by atoms with Crippen LogP contribution in [-0.4, -0.2) is 35.2 Å². The molecule has 0 aromatic rings. The lowest BCUT2D eigenvalue weighted by Gasteiger charge is -2.30. The Morgan fingerprint density at radius 1 is 1.44 bits per heavy atom. The van der Waals surface area contributed by atoms with Crippen LogP contribution in [0, 0.1) is 5.92 Å². The number of nitrogens with one attached hydrogen (secondary N) is 1. The number of esters is 1. The highest BCUT2D eigenvalue weighted by Crippen LogP contribution is 2.28. The van der Waals surface area contributed by atoms with Gasteiger partial charge in [0.05, 0.1) is 6.61 Å². The van der Waals surface area contributed by atoms with Gasteiger partial charge >= 0.3 is 5.97 Å². The molecule has 1 fully saturated rings. The van der Waals surface area contributed by atoms with E-state index in [4.69, 9.17) is 4.74 Å². The Hall–Kier alpha value is -0.220. The van der Waals surface area contributed by atoms with E-state index in [1.165, 1.54) is 12.8 Å². The van der Waals surface area contributed by atoms with Gasteiger partial charge in [0, 0.05) is 17.0 Å². The first-order valence-electron chi connectivity index (χ1n) is 6.95. The van der Waals surface area contributed by atoms with Crippen LogP contribution in [-0.2, 0) is 9.53 Å². The second kappa shape index (κ2) is 6.80. The van der Waals surface area contributed by atoms with E-state index in [2.05, 4.69) is 26.1 Å². The second-order valence-electron chi connectivity index (χ2n) is 5.73. The van der Waals surface area contributed by atoms with E-state index < -0.39 is 5.54 Å². The topological polar surface area (TPSA) is 38.3 Å². The number of rotatable bonds is 8. The van der Waals surface area contributed by atoms with Crippen molar-refractivity contribution in [2.75, 3.05) is 12.4 Å². The first kappa shape index (κ1) is 15.8. The molecular weight excluding hydrogens is 246 g/mol. The van der Waals surface area contributed by atoms with Crippen molar-refractivity contribution in [1.82, 2.24) is 5.32 Å². The minimum atomic E-state index is -0.537. The summed E-state index contributed by atoms with van der Waals surface area (Å²) < 4.78 is 5.21. The molecule has 2 atom stereocenters. The van der Waals surface area contributed by atoms with Gasteiger partial charge in [-0.05, 0) is 32.6 Å². The fourth-order valence-electron chi connectivity index (χ4n) is 1.62. The van der Waals surface area contributed by atoms with Crippen LogP contribution < -0.4 is 5.32 Å². The van der Waals surface area contributed by atoms with Crippen molar-refractivity contribution < 1.29 is 9.53 Å². The second-order valence-corrected chi connectivity index (χ2v) is 7.10. The summed E-state index contributed by atoms with van der Waals surface area (Å²) in [5, 5.41) is 4.01. The average Bonchev–Trinajstić information content (AvgIpc) is 3.09. The minimum absolute atomic E-state index is 0.111. The third-order valence-corrected chi connectivity index (χ3v) is 5.21. The van der Waals surface area contributed by atoms with Gasteiger partial charge in [-0.1, -0.05) is 20.8 Å². The van der Waals surface area contributed by atoms with Gasteiger partial charge in [0.25, 0.3) is 0 Å². The van der Waals surface area contributed by atoms with Crippen LogP contribution in [0.5, 0.6) is 0 Å². The summed E-state index contributed by atoms with van der Waals surface area (Å²) in [6, 6.07) is 0.509. The van der Waals surface area contributed by atoms with E-state index in [9.17, 15) is 4.79 Å². The zero-order valence-corrected chi connectivity index (χ0v) is 13.1. The molecule has 1 aliphatic rings. The number of thioether (sulfide) groups is 1. The number of carbonyl (C=O) groups excluding carboxylic acids is 1. The molecule has 0 aliphatic heterocycles. The lowest BCUT2D eigenvalue weighted by atomic mass is 10.1. The number of hydrogen-bond donors (Lipinski definition) is 1. The first-order chi connectivity index (χ1) is 8.39. The van der Waals surface area contributed by atoms with Gasteiger partial charge in [-0.2, -0.15) is 11.8 Å². The Morgan fingerprint density at radius 3 is 2.50 bits per heavy atom. The third-order valence-electron chi connectivity index (χ3n) is 3.40. The maximum absolute atomic E-state index is 12.1. The predicted octanol–water partition coefficient (Wildman–Crippen LogP) is 2.84. The van der Waals surface area contributed by atoms with Crippen molar-refractivity contribution in [2.24, 2.45) is 5.92 Å². The normalized spacial score (nSPS) is 20.6. The number of carbonyl (C=O) groups is 1. The van der Waals surface area contributed by atoms with E-state index in [0.29, 0.717) is 23.8 Å². The van der Waals surface area contributed by atoms with Crippen LogP contribution in [0.4, 0.5) is 0 Å². The molecule has 0 spiro atoms. The van der Waals surface area contributed by atoms with Gasteiger partial charge in [-0.3, -0.25) is 10.1 Å². The molecule has 18 heavy (non-hydrogen) atoms. The number of hydrogen-bond acceptors (Lipinski definition) is 4. The highest BCUT2D eigenvalue weighted by Gasteiger charge is 2.40. The zero-order chi connectivity index (χ0) is 13.8. The highest BCUT2D eigenvalue weighted by atomic mass is 32.2. The molecule has 0 saturated heterocycles. The maximum atomic E-state index is 12.1. The quantitative estimate of drug-likeness (QED) is 0.690. The molecule has 0 aromatic heterocycles. The molecule has 1 aliphatic carbocycles. The molecule has 106 valence electrons. The van der Waals surface area contributed by atoms with Crippen LogP contribution in [0.1, 0.15) is 47.5 Å². The van der Waals surface area contributed by atoms with Crippen LogP contribution in [0.3, 0.4) is 0 Å². The Kier molecular flexibility index (Phi) is 5.99. The van der Waals surface area contributed by atoms with Gasteiger partial charge in [-0.25, -0.2) is 0 Å². The Morgan fingerprint density at radius 2 is 2.06 bits per heavy atom. The van der Waals surface area contributed by atoms with Gasteiger partial charge in [0.15, 0.2) is 0 Å². The predicted molar refractivity (Wildman–Crippen MR) is 78.0 cm³/mol. The van der Waals surface area contributed by atoms with Gasteiger partial charge in [0.1, 0.15) is 5.54 Å². The smallest absolute Gasteiger partial charge is 0.326 e. The van der Waals surface area contributed by atoms with Crippen LogP contribution in [0.2, 0.25) is 0 Å². The lowest BCUT2D eigenvalue weighted by Crippen LogP contribution is -2.53. The fraction of sp³-hybridized carbons (Fsp3) is 0.929. The molecule has 1 rings (SSSR count). The minimum Gasteiger partial charge on any atom is -0.465 e. The summed E-state index contributed by atoms with van der Waals surface area (Å²) in [6.07, 6.45) is 2.36. The van der Waals surface area contributed by atoms with Crippen molar-refractivity contribution in [1.29, 1.82) is 0 Å². The molecule has 1 saturated carbocycles. The van der Waals surface area contributed by atoms with Crippen LogP contribution >= 0.6 is 11.8 Å². The van der Waals surface area contributed by atoms with E-state index >= 15 is 0 Å². The molecule has 0 bridgehead atoms. The SMILES string of the molecule is CCOC(=O)C(C)(CSC(C)C(C)C)NC1CC1. The molecule has 0 heterocycles. The monoisotopic (exact) mass is 273 g/mol. The molecular formula is C14H27NO2S. The zero-order valence-electron chi connectivity index (χ0n) is 12.3. The molecule has 0 aromatic carbocycles. The van der Waals surface area contributed by atoms with Gasteiger partial charge in [0.2, 0.25) is 0 Å². The summed E-state index contributed by atoms with van der Waals surface area (Å²) in [5.74, 6) is 1.30. The van der Waals surface area contributed by atoms with Crippen LogP contribution in [0.25, 0.3) is 0 Å². The lowest BCUT2D eigenvalue weighted by molar-refractivity contribution is -0.149. The van der Waals surface area contributed by atoms with E-state index in [1.54, 1.807) is 0 Å².